The molecule has 1 aromatic carbocycles. The Morgan fingerprint density at radius 1 is 1.35 bits per heavy atom. The van der Waals surface area contributed by atoms with Gasteiger partial charge in [0.1, 0.15) is 5.75 Å². The number of carbonyl (C=O) groups excluding carboxylic acids is 1. The summed E-state index contributed by atoms with van der Waals surface area (Å²) < 4.78 is 10.8. The molecule has 0 bridgehead atoms. The number of carbonyl (C=O) groups is 1. The molecule has 0 radical (unpaired) electrons. The van der Waals surface area contributed by atoms with Crippen molar-refractivity contribution in [3.63, 3.8) is 0 Å². The molecule has 110 valence electrons. The lowest BCUT2D eigenvalue weighted by Crippen LogP contribution is -2.09. The Morgan fingerprint density at radius 2 is 2.15 bits per heavy atom. The van der Waals surface area contributed by atoms with Crippen LogP contribution < -0.4 is 4.74 Å². The molecule has 0 amide bonds. The van der Waals surface area contributed by atoms with Gasteiger partial charge in [-0.1, -0.05) is 32.4 Å². The first-order chi connectivity index (χ1) is 9.65. The van der Waals surface area contributed by atoms with Crippen LogP contribution in [0.5, 0.6) is 5.75 Å². The molecular weight excluding hydrogens is 252 g/mol. The van der Waals surface area contributed by atoms with E-state index in [0.29, 0.717) is 6.61 Å². The minimum atomic E-state index is -0.299. The van der Waals surface area contributed by atoms with E-state index in [9.17, 15) is 4.79 Å². The van der Waals surface area contributed by atoms with Crippen LogP contribution in [0.1, 0.15) is 45.6 Å². The van der Waals surface area contributed by atoms with E-state index in [1.54, 1.807) is 6.08 Å². The van der Waals surface area contributed by atoms with Gasteiger partial charge in [0, 0.05) is 6.08 Å². The molecule has 1 aromatic rings. The summed E-state index contributed by atoms with van der Waals surface area (Å²) in [5.41, 5.74) is 0.929. The SMILES string of the molecule is CCCCOC(=O)C=Cc1cccc(OC(C)CC)c1. The highest BCUT2D eigenvalue weighted by Gasteiger charge is 2.01. The Kier molecular flexibility index (Phi) is 7.48. The van der Waals surface area contributed by atoms with Gasteiger partial charge in [-0.25, -0.2) is 4.79 Å². The summed E-state index contributed by atoms with van der Waals surface area (Å²) in [5.74, 6) is 0.521. The van der Waals surface area contributed by atoms with Gasteiger partial charge in [-0.15, -0.1) is 0 Å². The topological polar surface area (TPSA) is 35.5 Å². The van der Waals surface area contributed by atoms with Gasteiger partial charge in [0.15, 0.2) is 0 Å². The molecule has 0 spiro atoms. The van der Waals surface area contributed by atoms with Crippen LogP contribution in [0.15, 0.2) is 30.3 Å². The van der Waals surface area contributed by atoms with Gasteiger partial charge in [0.25, 0.3) is 0 Å². The van der Waals surface area contributed by atoms with E-state index in [1.807, 2.05) is 31.2 Å². The second-order valence-corrected chi connectivity index (χ2v) is 4.76. The van der Waals surface area contributed by atoms with Crippen molar-refractivity contribution in [2.75, 3.05) is 6.61 Å². The zero-order valence-electron chi connectivity index (χ0n) is 12.6. The molecule has 0 aliphatic carbocycles. The first kappa shape index (κ1) is 16.3. The van der Waals surface area contributed by atoms with E-state index in [2.05, 4.69) is 13.8 Å². The lowest BCUT2D eigenvalue weighted by molar-refractivity contribution is -0.137. The number of esters is 1. The van der Waals surface area contributed by atoms with Crippen LogP contribution in [0.3, 0.4) is 0 Å². The fourth-order valence-corrected chi connectivity index (χ4v) is 1.54. The summed E-state index contributed by atoms with van der Waals surface area (Å²) in [6.45, 7) is 6.66. The maximum Gasteiger partial charge on any atom is 0.330 e. The number of hydrogen-bond acceptors (Lipinski definition) is 3. The summed E-state index contributed by atoms with van der Waals surface area (Å²) in [6.07, 6.45) is 6.27. The Morgan fingerprint density at radius 3 is 2.85 bits per heavy atom. The highest BCUT2D eigenvalue weighted by Crippen LogP contribution is 2.16. The lowest BCUT2D eigenvalue weighted by Gasteiger charge is -2.12. The van der Waals surface area contributed by atoms with Gasteiger partial charge in [0.2, 0.25) is 0 Å². The third kappa shape index (κ3) is 6.41. The molecule has 0 saturated carbocycles. The minimum absolute atomic E-state index is 0.188. The summed E-state index contributed by atoms with van der Waals surface area (Å²) in [6, 6.07) is 7.68. The van der Waals surface area contributed by atoms with Gasteiger partial charge >= 0.3 is 5.97 Å². The molecule has 0 N–H and O–H groups in total. The Labute approximate surface area is 121 Å². The average molecular weight is 276 g/mol. The number of rotatable bonds is 8. The van der Waals surface area contributed by atoms with Crippen molar-refractivity contribution < 1.29 is 14.3 Å². The summed E-state index contributed by atoms with van der Waals surface area (Å²) in [7, 11) is 0. The van der Waals surface area contributed by atoms with Crippen molar-refractivity contribution in [3.8, 4) is 5.75 Å². The highest BCUT2D eigenvalue weighted by molar-refractivity contribution is 5.87. The van der Waals surface area contributed by atoms with E-state index in [1.165, 1.54) is 6.08 Å². The molecule has 0 aromatic heterocycles. The van der Waals surface area contributed by atoms with E-state index in [0.717, 1.165) is 30.6 Å². The zero-order chi connectivity index (χ0) is 14.8. The quantitative estimate of drug-likeness (QED) is 0.405. The van der Waals surface area contributed by atoms with Crippen molar-refractivity contribution in [3.05, 3.63) is 35.9 Å². The largest absolute Gasteiger partial charge is 0.491 e. The van der Waals surface area contributed by atoms with Crippen LogP contribution >= 0.6 is 0 Å². The predicted molar refractivity (Wildman–Crippen MR) is 81.7 cm³/mol. The normalized spacial score (nSPS) is 12.3. The van der Waals surface area contributed by atoms with Crippen LogP contribution in [0, 0.1) is 0 Å². The molecule has 0 fully saturated rings. The van der Waals surface area contributed by atoms with E-state index in [4.69, 9.17) is 9.47 Å². The maximum atomic E-state index is 11.5. The first-order valence-electron chi connectivity index (χ1n) is 7.27. The molecule has 0 aliphatic rings. The predicted octanol–water partition coefficient (Wildman–Crippen LogP) is 4.22. The molecule has 1 rings (SSSR count). The van der Waals surface area contributed by atoms with Crippen molar-refractivity contribution in [2.45, 2.75) is 46.1 Å². The van der Waals surface area contributed by atoms with Crippen LogP contribution in [-0.4, -0.2) is 18.7 Å². The average Bonchev–Trinajstić information content (AvgIpc) is 2.45. The maximum absolute atomic E-state index is 11.5. The van der Waals surface area contributed by atoms with Gasteiger partial charge in [0.05, 0.1) is 12.7 Å². The highest BCUT2D eigenvalue weighted by atomic mass is 16.5. The Balaban J connectivity index is 2.54. The van der Waals surface area contributed by atoms with Crippen molar-refractivity contribution >= 4 is 12.0 Å². The summed E-state index contributed by atoms with van der Waals surface area (Å²) in [4.78, 5) is 11.5. The van der Waals surface area contributed by atoms with Crippen molar-refractivity contribution in [2.24, 2.45) is 0 Å². The minimum Gasteiger partial charge on any atom is -0.491 e. The first-order valence-corrected chi connectivity index (χ1v) is 7.27. The van der Waals surface area contributed by atoms with Gasteiger partial charge in [-0.3, -0.25) is 0 Å². The smallest absolute Gasteiger partial charge is 0.330 e. The lowest BCUT2D eigenvalue weighted by atomic mass is 10.2. The molecule has 0 heterocycles. The molecule has 1 atom stereocenters. The molecule has 3 heteroatoms. The second-order valence-electron chi connectivity index (χ2n) is 4.76. The summed E-state index contributed by atoms with van der Waals surface area (Å²) >= 11 is 0. The molecule has 0 saturated heterocycles. The molecule has 3 nitrogen and oxygen atoms in total. The molecule has 0 aliphatic heterocycles. The number of hydrogen-bond donors (Lipinski definition) is 0. The fraction of sp³-hybridized carbons (Fsp3) is 0.471. The van der Waals surface area contributed by atoms with E-state index >= 15 is 0 Å². The van der Waals surface area contributed by atoms with Crippen molar-refractivity contribution in [1.82, 2.24) is 0 Å². The van der Waals surface area contributed by atoms with Gasteiger partial charge in [-0.05, 0) is 43.5 Å². The molecular formula is C17H24O3. The number of unbranched alkanes of at least 4 members (excludes halogenated alkanes) is 1. The van der Waals surface area contributed by atoms with Gasteiger partial charge < -0.3 is 9.47 Å². The molecule has 20 heavy (non-hydrogen) atoms. The zero-order valence-corrected chi connectivity index (χ0v) is 12.6. The number of ether oxygens (including phenoxy) is 2. The van der Waals surface area contributed by atoms with Crippen LogP contribution in [0.2, 0.25) is 0 Å². The van der Waals surface area contributed by atoms with Gasteiger partial charge in [-0.2, -0.15) is 0 Å². The van der Waals surface area contributed by atoms with E-state index < -0.39 is 0 Å². The Hall–Kier alpha value is -1.77. The Bertz CT molecular complexity index is 438. The monoisotopic (exact) mass is 276 g/mol. The van der Waals surface area contributed by atoms with E-state index in [-0.39, 0.29) is 12.1 Å². The van der Waals surface area contributed by atoms with Crippen LogP contribution in [-0.2, 0) is 9.53 Å². The standard InChI is InChI=1S/C17H24O3/c1-4-6-12-19-17(18)11-10-15-8-7-9-16(13-15)20-14(3)5-2/h7-11,13-14H,4-6,12H2,1-3H3. The fourth-order valence-electron chi connectivity index (χ4n) is 1.54. The third-order valence-electron chi connectivity index (χ3n) is 2.92. The second kappa shape index (κ2) is 9.18. The summed E-state index contributed by atoms with van der Waals surface area (Å²) in [5, 5.41) is 0. The third-order valence-corrected chi connectivity index (χ3v) is 2.92. The van der Waals surface area contributed by atoms with Crippen molar-refractivity contribution in [1.29, 1.82) is 0 Å². The number of benzene rings is 1. The van der Waals surface area contributed by atoms with Crippen LogP contribution in [0.25, 0.3) is 6.08 Å². The molecule has 1 unspecified atom stereocenters. The van der Waals surface area contributed by atoms with Crippen LogP contribution in [0.4, 0.5) is 0 Å².